The van der Waals surface area contributed by atoms with Gasteiger partial charge >= 0.3 is 0 Å². The third kappa shape index (κ3) is 1.68. The molecule has 1 aliphatic carbocycles. The van der Waals surface area contributed by atoms with Crippen molar-refractivity contribution in [3.63, 3.8) is 0 Å². The summed E-state index contributed by atoms with van der Waals surface area (Å²) in [5.41, 5.74) is 2.05. The normalized spacial score (nSPS) is 20.8. The molecule has 1 aromatic carbocycles. The van der Waals surface area contributed by atoms with Crippen molar-refractivity contribution < 1.29 is 4.79 Å². The second kappa shape index (κ2) is 3.78. The highest BCUT2D eigenvalue weighted by Crippen LogP contribution is 2.38. The van der Waals surface area contributed by atoms with Crippen LogP contribution in [0.25, 0.3) is 0 Å². The Labute approximate surface area is 100 Å². The number of fused-ring (bicyclic) bond motifs is 1. The SMILES string of the molecule is CC1CCC(=O)c2cc(Br)cc(Br)c21. The molecule has 0 bridgehead atoms. The minimum absolute atomic E-state index is 0.264. The molecular weight excluding hydrogens is 308 g/mol. The van der Waals surface area contributed by atoms with Crippen LogP contribution in [-0.4, -0.2) is 5.78 Å². The Balaban J connectivity index is 2.66. The first kappa shape index (κ1) is 10.4. The molecule has 0 spiro atoms. The van der Waals surface area contributed by atoms with Crippen LogP contribution < -0.4 is 0 Å². The van der Waals surface area contributed by atoms with Gasteiger partial charge in [0, 0.05) is 20.9 Å². The largest absolute Gasteiger partial charge is 0.294 e. The van der Waals surface area contributed by atoms with Gasteiger partial charge in [-0.2, -0.15) is 0 Å². The Morgan fingerprint density at radius 3 is 2.79 bits per heavy atom. The minimum atomic E-state index is 0.264. The van der Waals surface area contributed by atoms with Gasteiger partial charge in [-0.1, -0.05) is 38.8 Å². The fourth-order valence-corrected chi connectivity index (χ4v) is 3.56. The van der Waals surface area contributed by atoms with E-state index in [1.165, 1.54) is 5.56 Å². The quantitative estimate of drug-likeness (QED) is 0.697. The minimum Gasteiger partial charge on any atom is -0.294 e. The topological polar surface area (TPSA) is 17.1 Å². The third-order valence-electron chi connectivity index (χ3n) is 2.69. The zero-order valence-corrected chi connectivity index (χ0v) is 11.0. The third-order valence-corrected chi connectivity index (χ3v) is 3.81. The lowest BCUT2D eigenvalue weighted by Crippen LogP contribution is -2.14. The molecule has 2 rings (SSSR count). The Kier molecular flexibility index (Phi) is 2.80. The number of Topliss-reactive ketones (excluding diaryl/α,β-unsaturated/α-hetero) is 1. The smallest absolute Gasteiger partial charge is 0.163 e. The lowest BCUT2D eigenvalue weighted by Gasteiger charge is -2.22. The van der Waals surface area contributed by atoms with Crippen LogP contribution in [0, 0.1) is 0 Å². The van der Waals surface area contributed by atoms with Gasteiger partial charge in [0.25, 0.3) is 0 Å². The van der Waals surface area contributed by atoms with Crippen molar-refractivity contribution in [2.75, 3.05) is 0 Å². The summed E-state index contributed by atoms with van der Waals surface area (Å²) in [7, 11) is 0. The highest BCUT2D eigenvalue weighted by Gasteiger charge is 2.24. The van der Waals surface area contributed by atoms with E-state index in [0.717, 1.165) is 20.9 Å². The first-order valence-electron chi connectivity index (χ1n) is 4.61. The predicted octanol–water partition coefficient (Wildman–Crippen LogP) is 4.29. The van der Waals surface area contributed by atoms with Gasteiger partial charge in [-0.05, 0) is 30.0 Å². The summed E-state index contributed by atoms with van der Waals surface area (Å²) in [4.78, 5) is 11.7. The zero-order valence-electron chi connectivity index (χ0n) is 7.81. The Hall–Kier alpha value is -0.150. The van der Waals surface area contributed by atoms with E-state index in [4.69, 9.17) is 0 Å². The monoisotopic (exact) mass is 316 g/mol. The van der Waals surface area contributed by atoms with Crippen molar-refractivity contribution in [2.45, 2.75) is 25.7 Å². The summed E-state index contributed by atoms with van der Waals surface area (Å²) in [6.45, 7) is 2.17. The van der Waals surface area contributed by atoms with Crippen LogP contribution >= 0.6 is 31.9 Å². The molecule has 1 nitrogen and oxygen atoms in total. The van der Waals surface area contributed by atoms with E-state index < -0.39 is 0 Å². The molecule has 0 saturated carbocycles. The van der Waals surface area contributed by atoms with Crippen LogP contribution in [0.5, 0.6) is 0 Å². The fourth-order valence-electron chi connectivity index (χ4n) is 1.94. The summed E-state index contributed by atoms with van der Waals surface area (Å²) in [6.07, 6.45) is 1.64. The number of hydrogen-bond donors (Lipinski definition) is 0. The summed E-state index contributed by atoms with van der Waals surface area (Å²) in [5, 5.41) is 0. The van der Waals surface area contributed by atoms with Gasteiger partial charge in [-0.25, -0.2) is 0 Å². The molecule has 1 aliphatic rings. The molecule has 0 amide bonds. The van der Waals surface area contributed by atoms with E-state index in [1.807, 2.05) is 12.1 Å². The number of carbonyl (C=O) groups is 1. The Morgan fingerprint density at radius 1 is 1.36 bits per heavy atom. The van der Waals surface area contributed by atoms with Gasteiger partial charge in [0.15, 0.2) is 5.78 Å². The van der Waals surface area contributed by atoms with Gasteiger partial charge in [0.1, 0.15) is 0 Å². The molecule has 14 heavy (non-hydrogen) atoms. The second-order valence-electron chi connectivity index (χ2n) is 3.71. The first-order chi connectivity index (χ1) is 6.59. The maximum atomic E-state index is 11.7. The van der Waals surface area contributed by atoms with Crippen molar-refractivity contribution in [2.24, 2.45) is 0 Å². The summed E-state index contributed by atoms with van der Waals surface area (Å²) < 4.78 is 2.01. The van der Waals surface area contributed by atoms with Crippen LogP contribution in [0.15, 0.2) is 21.1 Å². The molecule has 0 heterocycles. The van der Waals surface area contributed by atoms with E-state index in [-0.39, 0.29) is 5.78 Å². The molecule has 0 saturated heterocycles. The maximum Gasteiger partial charge on any atom is 0.163 e. The Bertz CT molecular complexity index is 399. The number of rotatable bonds is 0. The van der Waals surface area contributed by atoms with Crippen molar-refractivity contribution in [1.82, 2.24) is 0 Å². The van der Waals surface area contributed by atoms with Crippen molar-refractivity contribution in [3.8, 4) is 0 Å². The van der Waals surface area contributed by atoms with Gasteiger partial charge in [0.05, 0.1) is 0 Å². The van der Waals surface area contributed by atoms with Gasteiger partial charge in [0.2, 0.25) is 0 Å². The first-order valence-corrected chi connectivity index (χ1v) is 6.20. The molecule has 0 aliphatic heterocycles. The second-order valence-corrected chi connectivity index (χ2v) is 5.48. The van der Waals surface area contributed by atoms with Crippen molar-refractivity contribution in [1.29, 1.82) is 0 Å². The number of benzene rings is 1. The van der Waals surface area contributed by atoms with E-state index in [1.54, 1.807) is 0 Å². The lowest BCUT2D eigenvalue weighted by atomic mass is 9.83. The molecule has 1 unspecified atom stereocenters. The zero-order chi connectivity index (χ0) is 10.3. The highest BCUT2D eigenvalue weighted by molar-refractivity contribution is 9.11. The summed E-state index contributed by atoms with van der Waals surface area (Å²) in [6, 6.07) is 3.94. The summed E-state index contributed by atoms with van der Waals surface area (Å²) >= 11 is 6.92. The molecular formula is C11H10Br2O. The van der Waals surface area contributed by atoms with E-state index in [0.29, 0.717) is 12.3 Å². The Morgan fingerprint density at radius 2 is 2.07 bits per heavy atom. The molecule has 1 aromatic rings. The van der Waals surface area contributed by atoms with Crippen LogP contribution in [-0.2, 0) is 0 Å². The van der Waals surface area contributed by atoms with Gasteiger partial charge in [-0.15, -0.1) is 0 Å². The van der Waals surface area contributed by atoms with Gasteiger partial charge in [-0.3, -0.25) is 4.79 Å². The predicted molar refractivity (Wildman–Crippen MR) is 63.8 cm³/mol. The molecule has 0 radical (unpaired) electrons. The van der Waals surface area contributed by atoms with Gasteiger partial charge < -0.3 is 0 Å². The fraction of sp³-hybridized carbons (Fsp3) is 0.364. The molecule has 0 fully saturated rings. The van der Waals surface area contributed by atoms with Crippen LogP contribution in [0.3, 0.4) is 0 Å². The van der Waals surface area contributed by atoms with Crippen molar-refractivity contribution >= 4 is 37.6 Å². The summed E-state index contributed by atoms with van der Waals surface area (Å²) in [5.74, 6) is 0.741. The molecule has 0 aromatic heterocycles. The van der Waals surface area contributed by atoms with Crippen LogP contribution in [0.4, 0.5) is 0 Å². The number of ketones is 1. The van der Waals surface area contributed by atoms with E-state index in [2.05, 4.69) is 38.8 Å². The molecule has 3 heteroatoms. The number of carbonyl (C=O) groups excluding carboxylic acids is 1. The lowest BCUT2D eigenvalue weighted by molar-refractivity contribution is 0.0967. The average Bonchev–Trinajstić information content (AvgIpc) is 2.10. The molecule has 74 valence electrons. The average molecular weight is 318 g/mol. The molecule has 1 atom stereocenters. The van der Waals surface area contributed by atoms with E-state index in [9.17, 15) is 4.79 Å². The van der Waals surface area contributed by atoms with Crippen LogP contribution in [0.2, 0.25) is 0 Å². The maximum absolute atomic E-state index is 11.7. The number of hydrogen-bond acceptors (Lipinski definition) is 1. The standard InChI is InChI=1S/C11H10Br2O/c1-6-2-3-10(14)8-4-7(12)5-9(13)11(6)8/h4-6H,2-3H2,1H3. The molecule has 0 N–H and O–H groups in total. The van der Waals surface area contributed by atoms with E-state index >= 15 is 0 Å². The van der Waals surface area contributed by atoms with Crippen molar-refractivity contribution in [3.05, 3.63) is 32.2 Å². The highest BCUT2D eigenvalue weighted by atomic mass is 79.9. The number of halogens is 2. The van der Waals surface area contributed by atoms with Crippen LogP contribution in [0.1, 0.15) is 41.6 Å².